The van der Waals surface area contributed by atoms with Gasteiger partial charge in [-0.15, -0.1) is 0 Å². The van der Waals surface area contributed by atoms with Crippen molar-refractivity contribution >= 4 is 16.8 Å². The fourth-order valence-electron chi connectivity index (χ4n) is 2.40. The molecular formula is C19H13F3N2O. The highest BCUT2D eigenvalue weighted by Gasteiger charge is 2.32. The molecule has 0 aliphatic heterocycles. The predicted molar refractivity (Wildman–Crippen MR) is 89.0 cm³/mol. The van der Waals surface area contributed by atoms with Gasteiger partial charge in [0.2, 0.25) is 0 Å². The van der Waals surface area contributed by atoms with E-state index in [4.69, 9.17) is 0 Å². The summed E-state index contributed by atoms with van der Waals surface area (Å²) >= 11 is 0. The number of halogens is 3. The molecule has 0 atom stereocenters. The zero-order chi connectivity index (χ0) is 17.9. The fourth-order valence-corrected chi connectivity index (χ4v) is 2.40. The van der Waals surface area contributed by atoms with E-state index in [1.807, 2.05) is 6.07 Å². The third-order valence-corrected chi connectivity index (χ3v) is 3.61. The van der Waals surface area contributed by atoms with Crippen molar-refractivity contribution in [3.63, 3.8) is 0 Å². The molecule has 0 aliphatic rings. The Hall–Kier alpha value is -3.20. The fraction of sp³-hybridized carbons (Fsp3) is 0.105. The number of amides is 1. The number of hydrogen-bond donors (Lipinski definition) is 2. The van der Waals surface area contributed by atoms with Crippen LogP contribution < -0.4 is 5.32 Å². The third kappa shape index (κ3) is 3.83. The molecule has 2 aromatic carbocycles. The topological polar surface area (TPSA) is 44.9 Å². The maximum atomic E-state index is 12.9. The Morgan fingerprint density at radius 1 is 1.12 bits per heavy atom. The van der Waals surface area contributed by atoms with Gasteiger partial charge in [0.25, 0.3) is 5.91 Å². The summed E-state index contributed by atoms with van der Waals surface area (Å²) in [7, 11) is 0. The van der Waals surface area contributed by atoms with Gasteiger partial charge in [-0.2, -0.15) is 13.2 Å². The molecule has 3 aromatic rings. The number of benzene rings is 2. The van der Waals surface area contributed by atoms with Gasteiger partial charge in [0.15, 0.2) is 0 Å². The lowest BCUT2D eigenvalue weighted by atomic mass is 10.1. The summed E-state index contributed by atoms with van der Waals surface area (Å²) in [6.45, 7) is -0.0454. The van der Waals surface area contributed by atoms with Crippen molar-refractivity contribution in [2.75, 3.05) is 6.54 Å². The molecule has 0 unspecified atom stereocenters. The first-order valence-electron chi connectivity index (χ1n) is 7.45. The molecule has 0 bridgehead atoms. The van der Waals surface area contributed by atoms with Gasteiger partial charge in [0.05, 0.1) is 12.1 Å². The highest BCUT2D eigenvalue weighted by Crippen LogP contribution is 2.31. The van der Waals surface area contributed by atoms with E-state index in [0.29, 0.717) is 5.56 Å². The lowest BCUT2D eigenvalue weighted by Gasteiger charge is -2.08. The van der Waals surface area contributed by atoms with Gasteiger partial charge in [-0.25, -0.2) is 0 Å². The average molecular weight is 342 g/mol. The van der Waals surface area contributed by atoms with Crippen LogP contribution in [0.5, 0.6) is 0 Å². The molecule has 25 heavy (non-hydrogen) atoms. The minimum absolute atomic E-state index is 0.0454. The van der Waals surface area contributed by atoms with Gasteiger partial charge < -0.3 is 10.3 Å². The Kier molecular flexibility index (Phi) is 4.48. The number of alkyl halides is 3. The van der Waals surface area contributed by atoms with Crippen molar-refractivity contribution in [3.8, 4) is 11.8 Å². The van der Waals surface area contributed by atoms with Gasteiger partial charge in [-0.1, -0.05) is 24.0 Å². The SMILES string of the molecule is O=C(NCC#Cc1ccccc1C(F)(F)F)c1ccc2[nH]ccc2c1. The molecule has 3 rings (SSSR count). The number of fused-ring (bicyclic) bond motifs is 1. The van der Waals surface area contributed by atoms with Crippen LogP contribution in [0.2, 0.25) is 0 Å². The monoisotopic (exact) mass is 342 g/mol. The molecule has 0 aliphatic carbocycles. The van der Waals surface area contributed by atoms with Crippen molar-refractivity contribution in [2.24, 2.45) is 0 Å². The second-order valence-electron chi connectivity index (χ2n) is 5.31. The Morgan fingerprint density at radius 3 is 2.72 bits per heavy atom. The van der Waals surface area contributed by atoms with E-state index < -0.39 is 11.7 Å². The number of hydrogen-bond acceptors (Lipinski definition) is 1. The van der Waals surface area contributed by atoms with Gasteiger partial charge in [0.1, 0.15) is 0 Å². The summed E-state index contributed by atoms with van der Waals surface area (Å²) in [6.07, 6.45) is -2.68. The van der Waals surface area contributed by atoms with E-state index >= 15 is 0 Å². The van der Waals surface area contributed by atoms with E-state index in [2.05, 4.69) is 22.1 Å². The number of aromatic nitrogens is 1. The quantitative estimate of drug-likeness (QED) is 0.680. The minimum atomic E-state index is -4.46. The third-order valence-electron chi connectivity index (χ3n) is 3.61. The van der Waals surface area contributed by atoms with Crippen LogP contribution in [0.15, 0.2) is 54.7 Å². The standard InChI is InChI=1S/C19H13F3N2O/c20-19(21,22)16-6-2-1-4-13(16)5-3-10-24-18(25)15-7-8-17-14(12-15)9-11-23-17/h1-2,4,6-9,11-12,23H,10H2,(H,24,25). The first-order chi connectivity index (χ1) is 11.9. The van der Waals surface area contributed by atoms with Crippen molar-refractivity contribution < 1.29 is 18.0 Å². The van der Waals surface area contributed by atoms with E-state index in [0.717, 1.165) is 17.0 Å². The van der Waals surface area contributed by atoms with Gasteiger partial charge in [-0.3, -0.25) is 4.79 Å². The zero-order valence-corrected chi connectivity index (χ0v) is 12.9. The van der Waals surface area contributed by atoms with E-state index in [1.165, 1.54) is 18.2 Å². The van der Waals surface area contributed by atoms with Crippen LogP contribution in [0.3, 0.4) is 0 Å². The van der Waals surface area contributed by atoms with Gasteiger partial charge >= 0.3 is 6.18 Å². The van der Waals surface area contributed by atoms with Crippen molar-refractivity contribution in [3.05, 3.63) is 71.4 Å². The Bertz CT molecular complexity index is 977. The smallest absolute Gasteiger partial charge is 0.361 e. The zero-order valence-electron chi connectivity index (χ0n) is 12.9. The van der Waals surface area contributed by atoms with Crippen molar-refractivity contribution in [1.29, 1.82) is 0 Å². The summed E-state index contributed by atoms with van der Waals surface area (Å²) in [5, 5.41) is 3.48. The maximum Gasteiger partial charge on any atom is 0.417 e. The van der Waals surface area contributed by atoms with Crippen LogP contribution in [-0.4, -0.2) is 17.4 Å². The van der Waals surface area contributed by atoms with Crippen molar-refractivity contribution in [2.45, 2.75) is 6.18 Å². The lowest BCUT2D eigenvalue weighted by Crippen LogP contribution is -2.23. The molecule has 0 fully saturated rings. The molecule has 126 valence electrons. The van der Waals surface area contributed by atoms with Gasteiger partial charge in [-0.05, 0) is 36.4 Å². The van der Waals surface area contributed by atoms with Crippen molar-refractivity contribution in [1.82, 2.24) is 10.3 Å². The normalized spacial score (nSPS) is 11.0. The summed E-state index contributed by atoms with van der Waals surface area (Å²) in [5.74, 6) is 4.69. The Labute approximate surface area is 141 Å². The van der Waals surface area contributed by atoms with Crippen LogP contribution in [-0.2, 0) is 6.18 Å². The highest BCUT2D eigenvalue weighted by atomic mass is 19.4. The number of rotatable bonds is 2. The molecule has 0 spiro atoms. The van der Waals surface area contributed by atoms with E-state index in [9.17, 15) is 18.0 Å². The second kappa shape index (κ2) is 6.73. The predicted octanol–water partition coefficient (Wildman–Crippen LogP) is 3.97. The Morgan fingerprint density at radius 2 is 1.92 bits per heavy atom. The minimum Gasteiger partial charge on any atom is -0.361 e. The Balaban J connectivity index is 1.68. The van der Waals surface area contributed by atoms with Crippen LogP contribution in [0, 0.1) is 11.8 Å². The van der Waals surface area contributed by atoms with Crippen LogP contribution in [0.1, 0.15) is 21.5 Å². The van der Waals surface area contributed by atoms with Gasteiger partial charge in [0, 0.05) is 28.2 Å². The molecule has 0 radical (unpaired) electrons. The average Bonchev–Trinajstić information content (AvgIpc) is 3.05. The molecule has 2 N–H and O–H groups in total. The number of carbonyl (C=O) groups excluding carboxylic acids is 1. The molecule has 6 heteroatoms. The van der Waals surface area contributed by atoms with Crippen LogP contribution in [0.4, 0.5) is 13.2 Å². The molecule has 3 nitrogen and oxygen atoms in total. The summed E-state index contributed by atoms with van der Waals surface area (Å²) < 4.78 is 38.6. The molecule has 0 saturated carbocycles. The summed E-state index contributed by atoms with van der Waals surface area (Å²) in [6, 6.07) is 12.1. The first-order valence-corrected chi connectivity index (χ1v) is 7.45. The molecule has 1 aromatic heterocycles. The maximum absolute atomic E-state index is 12.9. The van der Waals surface area contributed by atoms with E-state index in [1.54, 1.807) is 24.4 Å². The number of aromatic amines is 1. The number of H-pyrrole nitrogens is 1. The molecular weight excluding hydrogens is 329 g/mol. The highest BCUT2D eigenvalue weighted by molar-refractivity contribution is 5.98. The second-order valence-corrected chi connectivity index (χ2v) is 5.31. The van der Waals surface area contributed by atoms with E-state index in [-0.39, 0.29) is 18.0 Å². The lowest BCUT2D eigenvalue weighted by molar-refractivity contribution is -0.137. The number of carbonyl (C=O) groups is 1. The first kappa shape index (κ1) is 16.7. The summed E-state index contributed by atoms with van der Waals surface area (Å²) in [4.78, 5) is 15.1. The molecule has 1 heterocycles. The van der Waals surface area contributed by atoms with Crippen LogP contribution in [0.25, 0.3) is 10.9 Å². The largest absolute Gasteiger partial charge is 0.417 e. The summed E-state index contributed by atoms with van der Waals surface area (Å²) in [5.41, 5.74) is 0.481. The molecule has 0 saturated heterocycles. The number of nitrogens with one attached hydrogen (secondary N) is 2. The molecule has 1 amide bonds. The van der Waals surface area contributed by atoms with Crippen LogP contribution >= 0.6 is 0 Å².